The van der Waals surface area contributed by atoms with E-state index in [4.69, 9.17) is 4.11 Å². The molecule has 6 rings (SSSR count). The van der Waals surface area contributed by atoms with Crippen LogP contribution in [0.25, 0.3) is 33.6 Å². The van der Waals surface area contributed by atoms with Crippen molar-refractivity contribution in [2.75, 3.05) is 0 Å². The van der Waals surface area contributed by atoms with Gasteiger partial charge in [-0.25, -0.2) is 0 Å². The van der Waals surface area contributed by atoms with Gasteiger partial charge in [-0.1, -0.05) is 105 Å². The summed E-state index contributed by atoms with van der Waals surface area (Å²) < 4.78 is 23.2. The summed E-state index contributed by atoms with van der Waals surface area (Å²) in [6.07, 6.45) is 3.60. The molecule has 0 unspecified atom stereocenters. The van der Waals surface area contributed by atoms with Crippen LogP contribution in [-0.4, -0.2) is 9.97 Å². The molecule has 3 heteroatoms. The molecular weight excluding hydrogens is 677 g/mol. The maximum Gasteiger partial charge on any atom is 0.0177 e. The fraction of sp³-hybridized carbons (Fsp3) is 0.105. The van der Waals surface area contributed by atoms with Gasteiger partial charge in [0.15, 0.2) is 0 Å². The fourth-order valence-corrected chi connectivity index (χ4v) is 4.56. The van der Waals surface area contributed by atoms with Gasteiger partial charge in [0.05, 0.1) is 0 Å². The summed E-state index contributed by atoms with van der Waals surface area (Å²) in [7, 11) is 0. The van der Waals surface area contributed by atoms with Gasteiger partial charge in [0.25, 0.3) is 0 Å². The third kappa shape index (κ3) is 7.32. The summed E-state index contributed by atoms with van der Waals surface area (Å²) in [5.41, 5.74) is 7.95. The Bertz CT molecular complexity index is 1760. The summed E-state index contributed by atoms with van der Waals surface area (Å²) in [6.45, 7) is 2.32. The molecule has 2 heterocycles. The van der Waals surface area contributed by atoms with E-state index in [1.165, 1.54) is 11.1 Å². The molecule has 0 saturated carbocycles. The zero-order valence-electron chi connectivity index (χ0n) is 26.0. The number of benzene rings is 4. The molecule has 0 aliphatic carbocycles. The standard InChI is InChI=1S/C20H18N.C18H14N.Ir/c1-20(2,17-11-7-4-8-12-17)18-13-14-21-19(15-18)16-9-5-3-6-10-16;1-14-10-11-16(18-9-5-6-12-19-18)13-17(14)15-7-3-2-4-8-15;/h3-9,11-15H,1-2H3;2-10,12-13H,1H3;/q2*-1;/i;1D3;. The van der Waals surface area contributed by atoms with Gasteiger partial charge in [0, 0.05) is 42.0 Å². The SMILES string of the molecule is CC(C)(c1ccccc1)c1ccnc(-c2[c-]cccc2)c1.[2H]C([2H])([2H])c1c[c-]c(-c2ccccn2)cc1-c1ccccc1.[Ir]. The van der Waals surface area contributed by atoms with Gasteiger partial charge in [-0.3, -0.25) is 0 Å². The molecule has 0 spiro atoms. The van der Waals surface area contributed by atoms with E-state index in [0.717, 1.165) is 28.1 Å². The smallest absolute Gasteiger partial charge is 0.0177 e. The molecule has 0 N–H and O–H groups in total. The third-order valence-corrected chi connectivity index (χ3v) is 6.94. The number of hydrogen-bond acceptors (Lipinski definition) is 2. The third-order valence-electron chi connectivity index (χ3n) is 6.94. The van der Waals surface area contributed by atoms with Crippen molar-refractivity contribution in [2.24, 2.45) is 0 Å². The summed E-state index contributed by atoms with van der Waals surface area (Å²) in [5.74, 6) is 0. The number of rotatable bonds is 5. The average Bonchev–Trinajstić information content (AvgIpc) is 3.06. The summed E-state index contributed by atoms with van der Waals surface area (Å²) in [6, 6.07) is 47.6. The van der Waals surface area contributed by atoms with E-state index in [1.54, 1.807) is 12.3 Å². The first-order valence-electron chi connectivity index (χ1n) is 14.8. The second-order valence-electron chi connectivity index (χ2n) is 9.95. The average molecular weight is 712 g/mol. The Hall–Kier alpha value is -4.17. The molecular formula is C38H32IrN2-2. The summed E-state index contributed by atoms with van der Waals surface area (Å²) >= 11 is 0. The van der Waals surface area contributed by atoms with Gasteiger partial charge >= 0.3 is 0 Å². The second kappa shape index (κ2) is 13.9. The van der Waals surface area contributed by atoms with Crippen LogP contribution in [0.15, 0.2) is 140 Å². The predicted molar refractivity (Wildman–Crippen MR) is 166 cm³/mol. The predicted octanol–water partition coefficient (Wildman–Crippen LogP) is 9.40. The first-order valence-corrected chi connectivity index (χ1v) is 13.3. The summed E-state index contributed by atoms with van der Waals surface area (Å²) in [5, 5.41) is 0. The van der Waals surface area contributed by atoms with E-state index in [2.05, 4.69) is 78.4 Å². The molecule has 0 aliphatic heterocycles. The Balaban J connectivity index is 0.000000197. The molecule has 41 heavy (non-hydrogen) atoms. The van der Waals surface area contributed by atoms with Crippen molar-refractivity contribution in [3.63, 3.8) is 0 Å². The van der Waals surface area contributed by atoms with Crippen molar-refractivity contribution in [1.29, 1.82) is 0 Å². The zero-order valence-corrected chi connectivity index (χ0v) is 25.4. The normalized spacial score (nSPS) is 12.0. The summed E-state index contributed by atoms with van der Waals surface area (Å²) in [4.78, 5) is 8.79. The van der Waals surface area contributed by atoms with Crippen LogP contribution < -0.4 is 0 Å². The molecule has 0 bridgehead atoms. The van der Waals surface area contributed by atoms with Gasteiger partial charge in [0.1, 0.15) is 0 Å². The minimum atomic E-state index is -2.18. The largest absolute Gasteiger partial charge is 0.305 e. The zero-order chi connectivity index (χ0) is 30.3. The number of pyridine rings is 2. The van der Waals surface area contributed by atoms with E-state index in [0.29, 0.717) is 11.1 Å². The fourth-order valence-electron chi connectivity index (χ4n) is 4.56. The van der Waals surface area contributed by atoms with Crippen LogP contribution in [0.4, 0.5) is 0 Å². The van der Waals surface area contributed by atoms with E-state index in [-0.39, 0.29) is 25.5 Å². The van der Waals surface area contributed by atoms with Crippen molar-refractivity contribution in [3.05, 3.63) is 169 Å². The van der Waals surface area contributed by atoms with Crippen molar-refractivity contribution in [1.82, 2.24) is 9.97 Å². The molecule has 0 atom stereocenters. The Morgan fingerprint density at radius 3 is 2.02 bits per heavy atom. The van der Waals surface area contributed by atoms with Crippen LogP contribution in [0.2, 0.25) is 0 Å². The Morgan fingerprint density at radius 1 is 0.634 bits per heavy atom. The van der Waals surface area contributed by atoms with Crippen molar-refractivity contribution < 1.29 is 24.2 Å². The van der Waals surface area contributed by atoms with Gasteiger partial charge in [-0.2, -0.15) is 0 Å². The molecule has 0 saturated heterocycles. The molecule has 0 aliphatic rings. The van der Waals surface area contributed by atoms with Crippen LogP contribution in [0.5, 0.6) is 0 Å². The van der Waals surface area contributed by atoms with Gasteiger partial charge in [-0.05, 0) is 40.2 Å². The Morgan fingerprint density at radius 2 is 1.34 bits per heavy atom. The van der Waals surface area contributed by atoms with E-state index < -0.39 is 6.85 Å². The quantitative estimate of drug-likeness (QED) is 0.167. The molecule has 4 aromatic carbocycles. The molecule has 2 nitrogen and oxygen atoms in total. The maximum absolute atomic E-state index is 7.74. The minimum Gasteiger partial charge on any atom is -0.305 e. The Labute approximate surface area is 261 Å². The second-order valence-corrected chi connectivity index (χ2v) is 9.95. The van der Waals surface area contributed by atoms with E-state index in [1.807, 2.05) is 85.1 Å². The number of hydrogen-bond donors (Lipinski definition) is 0. The van der Waals surface area contributed by atoms with Crippen molar-refractivity contribution in [3.8, 4) is 33.6 Å². The van der Waals surface area contributed by atoms with Gasteiger partial charge in [-0.15, -0.1) is 65.2 Å². The molecule has 0 fully saturated rings. The Kier molecular flexibility index (Phi) is 8.77. The van der Waals surface area contributed by atoms with Crippen LogP contribution in [-0.2, 0) is 25.5 Å². The van der Waals surface area contributed by atoms with Crippen LogP contribution >= 0.6 is 0 Å². The number of aromatic nitrogens is 2. The van der Waals surface area contributed by atoms with E-state index >= 15 is 0 Å². The van der Waals surface area contributed by atoms with Crippen LogP contribution in [0.3, 0.4) is 0 Å². The number of nitrogens with zero attached hydrogens (tertiary/aromatic N) is 2. The molecule has 2 aromatic heterocycles. The van der Waals surface area contributed by atoms with Gasteiger partial charge < -0.3 is 9.97 Å². The van der Waals surface area contributed by atoms with E-state index in [9.17, 15) is 0 Å². The molecule has 6 aromatic rings. The maximum atomic E-state index is 7.74. The molecule has 0 amide bonds. The van der Waals surface area contributed by atoms with Crippen molar-refractivity contribution in [2.45, 2.75) is 26.1 Å². The molecule has 205 valence electrons. The first kappa shape index (κ1) is 25.8. The molecule has 1 radical (unpaired) electrons. The van der Waals surface area contributed by atoms with Crippen molar-refractivity contribution >= 4 is 0 Å². The minimum absolute atomic E-state index is 0. The first-order chi connectivity index (χ1) is 20.7. The number of aryl methyl sites for hydroxylation is 1. The monoisotopic (exact) mass is 712 g/mol. The van der Waals surface area contributed by atoms with Crippen LogP contribution in [0.1, 0.15) is 34.7 Å². The van der Waals surface area contributed by atoms with Gasteiger partial charge in [0.2, 0.25) is 0 Å². The topological polar surface area (TPSA) is 25.8 Å². The van der Waals surface area contributed by atoms with Crippen LogP contribution in [0, 0.1) is 19.0 Å².